The van der Waals surface area contributed by atoms with Crippen molar-refractivity contribution in [3.8, 4) is 0 Å². The molecule has 0 aliphatic carbocycles. The van der Waals surface area contributed by atoms with Crippen LogP contribution in [0.4, 0.5) is 0 Å². The molecular weight excluding hydrogens is 264 g/mol. The summed E-state index contributed by atoms with van der Waals surface area (Å²) >= 11 is 0. The van der Waals surface area contributed by atoms with Gasteiger partial charge in [0.2, 0.25) is 0 Å². The van der Waals surface area contributed by atoms with Crippen molar-refractivity contribution in [2.45, 2.75) is 59.4 Å². The minimum absolute atomic E-state index is 0.0550. The lowest BCUT2D eigenvalue weighted by molar-refractivity contribution is 0.0920. The maximum Gasteiger partial charge on any atom is 0.255 e. The molecule has 1 aromatic heterocycles. The number of benzene rings is 1. The van der Waals surface area contributed by atoms with Gasteiger partial charge < -0.3 is 9.73 Å². The van der Waals surface area contributed by atoms with E-state index in [9.17, 15) is 4.79 Å². The molecule has 0 radical (unpaired) electrons. The molecule has 21 heavy (non-hydrogen) atoms. The van der Waals surface area contributed by atoms with E-state index < -0.39 is 0 Å². The van der Waals surface area contributed by atoms with Gasteiger partial charge in [-0.05, 0) is 37.8 Å². The molecule has 0 unspecified atom stereocenters. The minimum Gasteiger partial charge on any atom is -0.440 e. The number of carbonyl (C=O) groups excluding carboxylic acids is 1. The fraction of sp³-hybridized carbons (Fsp3) is 0.529. The second-order valence-electron chi connectivity index (χ2n) is 7.53. The number of oxazole rings is 1. The third kappa shape index (κ3) is 3.26. The molecule has 0 fully saturated rings. The van der Waals surface area contributed by atoms with Crippen LogP contribution in [0.3, 0.4) is 0 Å². The SMILES string of the molecule is Cc1nc2c(C(C)(C)C)ccc(C(=O)NC(C)(C)C)c2o1. The fourth-order valence-electron chi connectivity index (χ4n) is 2.31. The number of aromatic nitrogens is 1. The lowest BCUT2D eigenvalue weighted by atomic mass is 9.85. The molecule has 114 valence electrons. The number of fused-ring (bicyclic) bond motifs is 1. The van der Waals surface area contributed by atoms with Crippen LogP contribution < -0.4 is 5.32 Å². The lowest BCUT2D eigenvalue weighted by Crippen LogP contribution is -2.40. The first-order chi connectivity index (χ1) is 9.49. The maximum atomic E-state index is 12.4. The Morgan fingerprint density at radius 2 is 1.76 bits per heavy atom. The molecule has 0 atom stereocenters. The van der Waals surface area contributed by atoms with Crippen LogP contribution in [0.25, 0.3) is 11.1 Å². The molecule has 0 saturated carbocycles. The fourth-order valence-corrected chi connectivity index (χ4v) is 2.31. The smallest absolute Gasteiger partial charge is 0.255 e. The van der Waals surface area contributed by atoms with Crippen molar-refractivity contribution >= 4 is 17.0 Å². The molecule has 0 aliphatic rings. The molecule has 4 heteroatoms. The number of carbonyl (C=O) groups is 1. The van der Waals surface area contributed by atoms with E-state index in [1.165, 1.54) is 0 Å². The van der Waals surface area contributed by atoms with Crippen LogP contribution in [0, 0.1) is 6.92 Å². The van der Waals surface area contributed by atoms with Crippen LogP contribution >= 0.6 is 0 Å². The highest BCUT2D eigenvalue weighted by Crippen LogP contribution is 2.32. The Bertz CT molecular complexity index is 685. The van der Waals surface area contributed by atoms with Crippen LogP contribution in [-0.2, 0) is 5.41 Å². The monoisotopic (exact) mass is 288 g/mol. The van der Waals surface area contributed by atoms with Gasteiger partial charge in [-0.15, -0.1) is 0 Å². The summed E-state index contributed by atoms with van der Waals surface area (Å²) in [6.45, 7) is 14.0. The number of nitrogens with zero attached hydrogens (tertiary/aromatic N) is 1. The zero-order valence-electron chi connectivity index (χ0n) is 13.9. The second-order valence-corrected chi connectivity index (χ2v) is 7.53. The summed E-state index contributed by atoms with van der Waals surface area (Å²) in [7, 11) is 0. The minimum atomic E-state index is -0.291. The summed E-state index contributed by atoms with van der Waals surface area (Å²) in [4.78, 5) is 16.9. The van der Waals surface area contributed by atoms with Gasteiger partial charge in [-0.2, -0.15) is 0 Å². The number of aryl methyl sites for hydroxylation is 1. The van der Waals surface area contributed by atoms with Crippen LogP contribution in [-0.4, -0.2) is 16.4 Å². The second kappa shape index (κ2) is 4.86. The summed E-state index contributed by atoms with van der Waals surface area (Å²) in [5.41, 5.74) is 2.63. The van der Waals surface area contributed by atoms with Gasteiger partial charge in [-0.3, -0.25) is 4.79 Å². The van der Waals surface area contributed by atoms with Gasteiger partial charge in [0.05, 0.1) is 5.56 Å². The molecular formula is C17H24N2O2. The molecule has 1 N–H and O–H groups in total. The standard InChI is InChI=1S/C17H24N2O2/c1-10-18-13-12(16(2,3)4)9-8-11(14(13)21-10)15(20)19-17(5,6)7/h8-9H,1-7H3,(H,19,20). The molecule has 1 aromatic carbocycles. The highest BCUT2D eigenvalue weighted by Gasteiger charge is 2.25. The number of nitrogens with one attached hydrogen (secondary N) is 1. The largest absolute Gasteiger partial charge is 0.440 e. The molecule has 1 heterocycles. The van der Waals surface area contributed by atoms with Gasteiger partial charge in [-0.1, -0.05) is 26.8 Å². The van der Waals surface area contributed by atoms with Gasteiger partial charge >= 0.3 is 0 Å². The number of hydrogen-bond donors (Lipinski definition) is 1. The Balaban J connectivity index is 2.61. The van der Waals surface area contributed by atoms with E-state index in [4.69, 9.17) is 4.42 Å². The van der Waals surface area contributed by atoms with Crippen molar-refractivity contribution in [2.24, 2.45) is 0 Å². The van der Waals surface area contributed by atoms with Crippen molar-refractivity contribution in [3.05, 3.63) is 29.2 Å². The first kappa shape index (κ1) is 15.5. The van der Waals surface area contributed by atoms with E-state index in [-0.39, 0.29) is 16.9 Å². The Hall–Kier alpha value is -1.84. The Morgan fingerprint density at radius 3 is 2.29 bits per heavy atom. The predicted molar refractivity (Wildman–Crippen MR) is 84.7 cm³/mol. The number of amides is 1. The van der Waals surface area contributed by atoms with E-state index >= 15 is 0 Å². The van der Waals surface area contributed by atoms with E-state index in [0.29, 0.717) is 17.0 Å². The molecule has 0 saturated heterocycles. The van der Waals surface area contributed by atoms with Crippen molar-refractivity contribution in [1.29, 1.82) is 0 Å². The number of rotatable bonds is 1. The summed E-state index contributed by atoms with van der Waals surface area (Å²) in [5.74, 6) is 0.440. The van der Waals surface area contributed by atoms with Crippen molar-refractivity contribution in [1.82, 2.24) is 10.3 Å². The van der Waals surface area contributed by atoms with Crippen molar-refractivity contribution < 1.29 is 9.21 Å². The zero-order valence-corrected chi connectivity index (χ0v) is 13.9. The first-order valence-electron chi connectivity index (χ1n) is 7.22. The van der Waals surface area contributed by atoms with Crippen LogP contribution in [0.5, 0.6) is 0 Å². The van der Waals surface area contributed by atoms with Crippen LogP contribution in [0.15, 0.2) is 16.5 Å². The van der Waals surface area contributed by atoms with Gasteiger partial charge in [0.1, 0.15) is 5.52 Å². The summed E-state index contributed by atoms with van der Waals surface area (Å²) in [6.07, 6.45) is 0. The zero-order chi connectivity index (χ0) is 16.0. The van der Waals surface area contributed by atoms with Crippen molar-refractivity contribution in [2.75, 3.05) is 0 Å². The van der Waals surface area contributed by atoms with E-state index in [2.05, 4.69) is 31.1 Å². The molecule has 1 amide bonds. The van der Waals surface area contributed by atoms with E-state index in [0.717, 1.165) is 11.1 Å². The quantitative estimate of drug-likeness (QED) is 0.864. The average Bonchev–Trinajstić information content (AvgIpc) is 2.64. The maximum absolute atomic E-state index is 12.4. The number of hydrogen-bond acceptors (Lipinski definition) is 3. The summed E-state index contributed by atoms with van der Waals surface area (Å²) in [5, 5.41) is 2.97. The topological polar surface area (TPSA) is 55.1 Å². The average molecular weight is 288 g/mol. The highest BCUT2D eigenvalue weighted by molar-refractivity contribution is 6.05. The summed E-state index contributed by atoms with van der Waals surface area (Å²) < 4.78 is 5.70. The van der Waals surface area contributed by atoms with E-state index in [1.54, 1.807) is 6.92 Å². The molecule has 0 aliphatic heterocycles. The molecule has 0 spiro atoms. The summed E-state index contributed by atoms with van der Waals surface area (Å²) in [6, 6.07) is 3.80. The lowest BCUT2D eigenvalue weighted by Gasteiger charge is -2.22. The van der Waals surface area contributed by atoms with Gasteiger partial charge in [0, 0.05) is 12.5 Å². The van der Waals surface area contributed by atoms with E-state index in [1.807, 2.05) is 32.9 Å². The van der Waals surface area contributed by atoms with Crippen molar-refractivity contribution in [3.63, 3.8) is 0 Å². The molecule has 2 aromatic rings. The predicted octanol–water partition coefficient (Wildman–Crippen LogP) is 3.96. The third-order valence-electron chi connectivity index (χ3n) is 3.19. The normalized spacial score (nSPS) is 12.7. The van der Waals surface area contributed by atoms with Gasteiger partial charge in [-0.25, -0.2) is 4.98 Å². The molecule has 0 bridgehead atoms. The third-order valence-corrected chi connectivity index (χ3v) is 3.19. The van der Waals surface area contributed by atoms with Gasteiger partial charge in [0.25, 0.3) is 5.91 Å². The van der Waals surface area contributed by atoms with Crippen LogP contribution in [0.2, 0.25) is 0 Å². The Kier molecular flexibility index (Phi) is 3.60. The highest BCUT2D eigenvalue weighted by atomic mass is 16.3. The molecule has 2 rings (SSSR count). The Morgan fingerprint density at radius 1 is 1.14 bits per heavy atom. The first-order valence-corrected chi connectivity index (χ1v) is 7.22. The molecule has 4 nitrogen and oxygen atoms in total. The van der Waals surface area contributed by atoms with Crippen LogP contribution in [0.1, 0.15) is 63.4 Å². The van der Waals surface area contributed by atoms with Gasteiger partial charge in [0.15, 0.2) is 11.5 Å². The Labute approximate surface area is 125 Å².